The summed E-state index contributed by atoms with van der Waals surface area (Å²) in [6, 6.07) is 0. The number of alkyl halides is 2. The number of hydrogen-bond acceptors (Lipinski definition) is 2. The van der Waals surface area contributed by atoms with Crippen molar-refractivity contribution >= 4 is 5.91 Å². The van der Waals surface area contributed by atoms with Gasteiger partial charge in [-0.05, 0) is 20.3 Å². The van der Waals surface area contributed by atoms with E-state index in [1.165, 1.54) is 0 Å². The molecule has 2 rings (SSSR count). The van der Waals surface area contributed by atoms with Gasteiger partial charge in [0.1, 0.15) is 0 Å². The van der Waals surface area contributed by atoms with E-state index in [1.807, 2.05) is 13.8 Å². The maximum absolute atomic E-state index is 13.1. The van der Waals surface area contributed by atoms with E-state index in [2.05, 4.69) is 5.32 Å². The summed E-state index contributed by atoms with van der Waals surface area (Å²) in [5.74, 6) is -3.21. The molecule has 1 atom stereocenters. The van der Waals surface area contributed by atoms with Crippen molar-refractivity contribution in [3.8, 4) is 0 Å². The van der Waals surface area contributed by atoms with E-state index < -0.39 is 11.8 Å². The second kappa shape index (κ2) is 4.19. The molecule has 0 aromatic rings. The fourth-order valence-corrected chi connectivity index (χ4v) is 2.77. The summed E-state index contributed by atoms with van der Waals surface area (Å²) >= 11 is 0. The summed E-state index contributed by atoms with van der Waals surface area (Å²) in [5, 5.41) is 3.22. The minimum atomic E-state index is -2.64. The van der Waals surface area contributed by atoms with Gasteiger partial charge in [-0.2, -0.15) is 0 Å². The zero-order valence-electron chi connectivity index (χ0n) is 10.4. The molecule has 2 aliphatic rings. The first-order chi connectivity index (χ1) is 7.82. The molecular formula is C12H20F2N2O. The number of halogens is 2. The molecule has 0 radical (unpaired) electrons. The maximum atomic E-state index is 13.1. The number of carbonyl (C=O) groups is 1. The highest BCUT2D eigenvalue weighted by Gasteiger charge is 2.46. The highest BCUT2D eigenvalue weighted by molar-refractivity contribution is 5.80. The molecule has 0 aromatic carbocycles. The summed E-state index contributed by atoms with van der Waals surface area (Å²) in [5.41, 5.74) is -0.271. The van der Waals surface area contributed by atoms with Crippen LogP contribution in [-0.2, 0) is 4.79 Å². The fraction of sp³-hybridized carbons (Fsp3) is 0.917. The predicted octanol–water partition coefficient (Wildman–Crippen LogP) is 1.63. The van der Waals surface area contributed by atoms with E-state index in [4.69, 9.17) is 0 Å². The summed E-state index contributed by atoms with van der Waals surface area (Å²) in [6.45, 7) is 6.04. The molecule has 2 fully saturated rings. The highest BCUT2D eigenvalue weighted by Crippen LogP contribution is 2.40. The molecule has 0 spiro atoms. The van der Waals surface area contributed by atoms with E-state index in [9.17, 15) is 13.6 Å². The molecular weight excluding hydrogens is 226 g/mol. The second-order valence-electron chi connectivity index (χ2n) is 5.77. The Labute approximate surface area is 101 Å². The Kier molecular flexibility index (Phi) is 3.14. The molecule has 1 aliphatic heterocycles. The fourth-order valence-electron chi connectivity index (χ4n) is 2.77. The van der Waals surface area contributed by atoms with Gasteiger partial charge in [0.15, 0.2) is 0 Å². The lowest BCUT2D eigenvalue weighted by atomic mass is 9.96. The van der Waals surface area contributed by atoms with Crippen LogP contribution in [0.2, 0.25) is 0 Å². The van der Waals surface area contributed by atoms with Crippen LogP contribution in [0.1, 0.15) is 33.1 Å². The minimum absolute atomic E-state index is 0.0892. The Morgan fingerprint density at radius 3 is 2.65 bits per heavy atom. The van der Waals surface area contributed by atoms with Crippen molar-refractivity contribution in [1.82, 2.24) is 10.2 Å². The van der Waals surface area contributed by atoms with Gasteiger partial charge >= 0.3 is 0 Å². The molecule has 3 nitrogen and oxygen atoms in total. The third kappa shape index (κ3) is 2.59. The van der Waals surface area contributed by atoms with Crippen molar-refractivity contribution in [3.05, 3.63) is 0 Å². The van der Waals surface area contributed by atoms with E-state index in [0.717, 1.165) is 13.1 Å². The van der Waals surface area contributed by atoms with Gasteiger partial charge in [-0.1, -0.05) is 0 Å². The number of amides is 1. The predicted molar refractivity (Wildman–Crippen MR) is 60.9 cm³/mol. The van der Waals surface area contributed by atoms with Crippen LogP contribution >= 0.6 is 0 Å². The largest absolute Gasteiger partial charge is 0.335 e. The second-order valence-corrected chi connectivity index (χ2v) is 5.77. The number of hydrogen-bond donors (Lipinski definition) is 1. The average Bonchev–Trinajstić information content (AvgIpc) is 2.57. The van der Waals surface area contributed by atoms with Gasteiger partial charge in [-0.3, -0.25) is 4.79 Å². The van der Waals surface area contributed by atoms with E-state index >= 15 is 0 Å². The van der Waals surface area contributed by atoms with Gasteiger partial charge in [0, 0.05) is 43.9 Å². The number of carbonyl (C=O) groups excluding carboxylic acids is 1. The SMILES string of the molecule is CC1(C)CNCCN1C(=O)C1CCC(F)(F)C1. The van der Waals surface area contributed by atoms with Crippen molar-refractivity contribution in [2.75, 3.05) is 19.6 Å². The monoisotopic (exact) mass is 246 g/mol. The third-order valence-corrected chi connectivity index (χ3v) is 3.82. The van der Waals surface area contributed by atoms with Crippen LogP contribution in [0.3, 0.4) is 0 Å². The summed E-state index contributed by atoms with van der Waals surface area (Å²) < 4.78 is 26.3. The van der Waals surface area contributed by atoms with Gasteiger partial charge < -0.3 is 10.2 Å². The lowest BCUT2D eigenvalue weighted by molar-refractivity contribution is -0.143. The first-order valence-electron chi connectivity index (χ1n) is 6.22. The summed E-state index contributed by atoms with van der Waals surface area (Å²) in [6.07, 6.45) is -0.0897. The molecule has 1 saturated heterocycles. The van der Waals surface area contributed by atoms with Crippen molar-refractivity contribution in [1.29, 1.82) is 0 Å². The smallest absolute Gasteiger partial charge is 0.248 e. The van der Waals surface area contributed by atoms with Gasteiger partial charge in [0.2, 0.25) is 11.8 Å². The van der Waals surface area contributed by atoms with Gasteiger partial charge in [0.05, 0.1) is 0 Å². The Bertz CT molecular complexity index is 318. The third-order valence-electron chi connectivity index (χ3n) is 3.82. The molecule has 1 heterocycles. The van der Waals surface area contributed by atoms with Crippen LogP contribution in [0.5, 0.6) is 0 Å². The van der Waals surface area contributed by atoms with E-state index in [1.54, 1.807) is 4.90 Å². The van der Waals surface area contributed by atoms with Crippen LogP contribution in [0, 0.1) is 5.92 Å². The summed E-state index contributed by atoms with van der Waals surface area (Å²) in [7, 11) is 0. The highest BCUT2D eigenvalue weighted by atomic mass is 19.3. The van der Waals surface area contributed by atoms with Crippen molar-refractivity contribution in [2.24, 2.45) is 5.92 Å². The Morgan fingerprint density at radius 2 is 2.12 bits per heavy atom. The lowest BCUT2D eigenvalue weighted by Crippen LogP contribution is -2.60. The van der Waals surface area contributed by atoms with Crippen LogP contribution in [0.4, 0.5) is 8.78 Å². The van der Waals surface area contributed by atoms with Crippen molar-refractivity contribution < 1.29 is 13.6 Å². The molecule has 1 unspecified atom stereocenters. The lowest BCUT2D eigenvalue weighted by Gasteiger charge is -2.44. The van der Waals surface area contributed by atoms with Crippen LogP contribution in [0.25, 0.3) is 0 Å². The first-order valence-corrected chi connectivity index (χ1v) is 6.22. The van der Waals surface area contributed by atoms with Gasteiger partial charge in [-0.15, -0.1) is 0 Å². The molecule has 0 bridgehead atoms. The minimum Gasteiger partial charge on any atom is -0.335 e. The van der Waals surface area contributed by atoms with Gasteiger partial charge in [-0.25, -0.2) is 8.78 Å². The molecule has 1 amide bonds. The molecule has 1 N–H and O–H groups in total. The maximum Gasteiger partial charge on any atom is 0.248 e. The zero-order chi connectivity index (χ0) is 12.7. The average molecular weight is 246 g/mol. The topological polar surface area (TPSA) is 32.3 Å². The first kappa shape index (κ1) is 12.7. The zero-order valence-corrected chi connectivity index (χ0v) is 10.4. The number of piperazine rings is 1. The summed E-state index contributed by atoms with van der Waals surface area (Å²) in [4.78, 5) is 14.0. The molecule has 98 valence electrons. The molecule has 0 aromatic heterocycles. The van der Waals surface area contributed by atoms with E-state index in [0.29, 0.717) is 13.0 Å². The molecule has 5 heteroatoms. The van der Waals surface area contributed by atoms with Crippen LogP contribution in [0.15, 0.2) is 0 Å². The Hall–Kier alpha value is -0.710. The van der Waals surface area contributed by atoms with Crippen molar-refractivity contribution in [3.63, 3.8) is 0 Å². The number of nitrogens with zero attached hydrogens (tertiary/aromatic N) is 1. The number of nitrogens with one attached hydrogen (secondary N) is 1. The standard InChI is InChI=1S/C12H20F2N2O/c1-11(2)8-15-5-6-16(11)10(17)9-3-4-12(13,14)7-9/h9,15H,3-8H2,1-2H3. The quantitative estimate of drug-likeness (QED) is 0.762. The molecule has 17 heavy (non-hydrogen) atoms. The Balaban J connectivity index is 2.05. The van der Waals surface area contributed by atoms with Crippen LogP contribution < -0.4 is 5.32 Å². The van der Waals surface area contributed by atoms with Crippen LogP contribution in [-0.4, -0.2) is 41.9 Å². The van der Waals surface area contributed by atoms with Crippen molar-refractivity contribution in [2.45, 2.75) is 44.6 Å². The normalized spacial score (nSPS) is 31.5. The number of rotatable bonds is 1. The Morgan fingerprint density at radius 1 is 1.41 bits per heavy atom. The molecule has 1 saturated carbocycles. The van der Waals surface area contributed by atoms with E-state index in [-0.39, 0.29) is 24.3 Å². The van der Waals surface area contributed by atoms with Gasteiger partial charge in [0.25, 0.3) is 0 Å². The molecule has 1 aliphatic carbocycles.